The van der Waals surface area contributed by atoms with Crippen molar-refractivity contribution in [3.05, 3.63) is 66.2 Å². The van der Waals surface area contributed by atoms with E-state index in [2.05, 4.69) is 30.4 Å². The summed E-state index contributed by atoms with van der Waals surface area (Å²) in [5.41, 5.74) is 0.695. The monoisotopic (exact) mass is 438 g/mol. The zero-order valence-electron chi connectivity index (χ0n) is 17.5. The van der Waals surface area contributed by atoms with Gasteiger partial charge in [0, 0.05) is 37.6 Å². The second-order valence-corrected chi connectivity index (χ2v) is 7.36. The van der Waals surface area contributed by atoms with Crippen LogP contribution in [0.25, 0.3) is 0 Å². The molecule has 0 unspecified atom stereocenters. The summed E-state index contributed by atoms with van der Waals surface area (Å²) in [5.74, 6) is 0.337. The molecule has 10 heteroatoms. The van der Waals surface area contributed by atoms with E-state index in [1.54, 1.807) is 36.4 Å². The van der Waals surface area contributed by atoms with Crippen molar-refractivity contribution in [3.8, 4) is 0 Å². The quantitative estimate of drug-likeness (QED) is 0.590. The molecule has 0 spiro atoms. The van der Waals surface area contributed by atoms with Crippen LogP contribution in [0, 0.1) is 5.82 Å². The van der Waals surface area contributed by atoms with E-state index in [0.29, 0.717) is 30.2 Å². The molecule has 32 heavy (non-hydrogen) atoms. The Morgan fingerprint density at radius 3 is 2.59 bits per heavy atom. The lowest BCUT2D eigenvalue weighted by Crippen LogP contribution is -2.46. The van der Waals surface area contributed by atoms with E-state index in [0.717, 1.165) is 18.7 Å². The van der Waals surface area contributed by atoms with Crippen LogP contribution in [0.5, 0.6) is 0 Å². The summed E-state index contributed by atoms with van der Waals surface area (Å²) in [6.07, 6.45) is 4.52. The standard InChI is InChI=1S/C22H23FN6O3/c1-32-21(30)15-6-7-20(24-14-15)28-11-8-16(9-12-28)25-22(31)29-13-10-19(27-29)26-18-5-3-2-4-17(18)23/h2-7,10,13-14,16H,8-9,11-12H2,1H3,(H,25,31)(H,26,27). The maximum Gasteiger partial charge on any atom is 0.342 e. The Hall–Kier alpha value is -3.95. The molecule has 0 aliphatic carbocycles. The number of carbonyl (C=O) groups is 2. The van der Waals surface area contributed by atoms with Gasteiger partial charge in [0.1, 0.15) is 11.6 Å². The Morgan fingerprint density at radius 2 is 1.91 bits per heavy atom. The molecular weight excluding hydrogens is 415 g/mol. The van der Waals surface area contributed by atoms with Crippen LogP contribution in [0.3, 0.4) is 0 Å². The van der Waals surface area contributed by atoms with E-state index >= 15 is 0 Å². The molecule has 1 fully saturated rings. The molecule has 0 saturated carbocycles. The largest absolute Gasteiger partial charge is 0.465 e. The van der Waals surface area contributed by atoms with Crippen molar-refractivity contribution in [2.45, 2.75) is 18.9 Å². The van der Waals surface area contributed by atoms with E-state index in [9.17, 15) is 14.0 Å². The van der Waals surface area contributed by atoms with E-state index in [4.69, 9.17) is 0 Å². The second kappa shape index (κ2) is 9.46. The highest BCUT2D eigenvalue weighted by Crippen LogP contribution is 2.20. The molecule has 4 rings (SSSR count). The van der Waals surface area contributed by atoms with Gasteiger partial charge in [-0.25, -0.2) is 19.0 Å². The molecule has 0 bridgehead atoms. The molecule has 166 valence electrons. The van der Waals surface area contributed by atoms with Crippen molar-refractivity contribution >= 4 is 29.3 Å². The highest BCUT2D eigenvalue weighted by atomic mass is 19.1. The summed E-state index contributed by atoms with van der Waals surface area (Å²) in [6, 6.07) is 11.0. The Kier molecular flexibility index (Phi) is 6.29. The van der Waals surface area contributed by atoms with Crippen molar-refractivity contribution in [1.82, 2.24) is 20.1 Å². The summed E-state index contributed by atoms with van der Waals surface area (Å²) >= 11 is 0. The maximum atomic E-state index is 13.8. The topological polar surface area (TPSA) is 101 Å². The van der Waals surface area contributed by atoms with E-state index in [1.807, 2.05) is 0 Å². The van der Waals surface area contributed by atoms with E-state index < -0.39 is 11.8 Å². The number of aromatic nitrogens is 3. The first-order chi connectivity index (χ1) is 15.5. The van der Waals surface area contributed by atoms with Gasteiger partial charge in [-0.15, -0.1) is 5.10 Å². The first-order valence-corrected chi connectivity index (χ1v) is 10.2. The molecular formula is C22H23FN6O3. The van der Waals surface area contributed by atoms with Crippen LogP contribution in [0.1, 0.15) is 23.2 Å². The number of ether oxygens (including phenoxy) is 1. The van der Waals surface area contributed by atoms with E-state index in [-0.39, 0.29) is 12.1 Å². The third kappa shape index (κ3) is 4.85. The molecule has 0 radical (unpaired) electrons. The van der Waals surface area contributed by atoms with Gasteiger partial charge in [0.15, 0.2) is 5.82 Å². The van der Waals surface area contributed by atoms with Crippen molar-refractivity contribution in [2.24, 2.45) is 0 Å². The number of carbonyl (C=O) groups excluding carboxylic acids is 2. The Bertz CT molecular complexity index is 1090. The van der Waals surface area contributed by atoms with Crippen molar-refractivity contribution in [1.29, 1.82) is 0 Å². The van der Waals surface area contributed by atoms with Gasteiger partial charge in [0.2, 0.25) is 0 Å². The number of hydrogen-bond acceptors (Lipinski definition) is 7. The maximum absolute atomic E-state index is 13.8. The van der Waals surface area contributed by atoms with Gasteiger partial charge < -0.3 is 20.3 Å². The zero-order valence-corrected chi connectivity index (χ0v) is 17.5. The molecule has 1 amide bonds. The molecule has 0 atom stereocenters. The summed E-state index contributed by atoms with van der Waals surface area (Å²) in [6.45, 7) is 1.43. The number of amides is 1. The Morgan fingerprint density at radius 1 is 1.12 bits per heavy atom. The van der Waals surface area contributed by atoms with Gasteiger partial charge >= 0.3 is 12.0 Å². The minimum atomic E-state index is -0.420. The van der Waals surface area contributed by atoms with Crippen LogP contribution in [0.2, 0.25) is 0 Å². The third-order valence-corrected chi connectivity index (χ3v) is 5.25. The van der Waals surface area contributed by atoms with Crippen molar-refractivity contribution in [2.75, 3.05) is 30.4 Å². The smallest absolute Gasteiger partial charge is 0.342 e. The number of nitrogens with one attached hydrogen (secondary N) is 2. The van der Waals surface area contributed by atoms with Gasteiger partial charge in [-0.3, -0.25) is 0 Å². The predicted octanol–water partition coefficient (Wildman–Crippen LogP) is 3.17. The fourth-order valence-electron chi connectivity index (χ4n) is 3.51. The number of nitrogens with zero attached hydrogens (tertiary/aromatic N) is 4. The van der Waals surface area contributed by atoms with Gasteiger partial charge in [0.05, 0.1) is 18.4 Å². The number of para-hydroxylation sites is 1. The molecule has 1 aliphatic rings. The van der Waals surface area contributed by atoms with Gasteiger partial charge in [0.25, 0.3) is 0 Å². The Labute approximate surface area is 184 Å². The number of anilines is 3. The summed E-state index contributed by atoms with van der Waals surface area (Å²) < 4.78 is 19.7. The minimum Gasteiger partial charge on any atom is -0.465 e. The lowest BCUT2D eigenvalue weighted by Gasteiger charge is -2.33. The van der Waals surface area contributed by atoms with Gasteiger partial charge in [-0.2, -0.15) is 4.68 Å². The number of methoxy groups -OCH3 is 1. The number of rotatable bonds is 5. The van der Waals surface area contributed by atoms with Crippen molar-refractivity contribution in [3.63, 3.8) is 0 Å². The molecule has 3 aromatic rings. The summed E-state index contributed by atoms with van der Waals surface area (Å²) in [5, 5.41) is 10.0. The lowest BCUT2D eigenvalue weighted by molar-refractivity contribution is 0.0600. The second-order valence-electron chi connectivity index (χ2n) is 7.36. The molecule has 2 aromatic heterocycles. The molecule has 1 aromatic carbocycles. The molecule has 1 saturated heterocycles. The number of esters is 1. The number of pyridine rings is 1. The third-order valence-electron chi connectivity index (χ3n) is 5.25. The molecule has 3 heterocycles. The van der Waals surface area contributed by atoms with Crippen LogP contribution >= 0.6 is 0 Å². The Balaban J connectivity index is 1.29. The van der Waals surface area contributed by atoms with Crippen LogP contribution < -0.4 is 15.5 Å². The van der Waals surface area contributed by atoms with Gasteiger partial charge in [-0.1, -0.05) is 12.1 Å². The van der Waals surface area contributed by atoms with Crippen LogP contribution in [0.4, 0.5) is 26.5 Å². The normalized spacial score (nSPS) is 14.1. The first-order valence-electron chi connectivity index (χ1n) is 10.2. The average Bonchev–Trinajstić information content (AvgIpc) is 3.29. The number of halogens is 1. The van der Waals surface area contributed by atoms with Crippen LogP contribution in [-0.4, -0.2) is 53.0 Å². The zero-order chi connectivity index (χ0) is 22.5. The SMILES string of the molecule is COC(=O)c1ccc(N2CCC(NC(=O)n3ccc(Nc4ccccc4F)n3)CC2)nc1. The number of benzene rings is 1. The van der Waals surface area contributed by atoms with E-state index in [1.165, 1.54) is 30.3 Å². The average molecular weight is 438 g/mol. The summed E-state index contributed by atoms with van der Waals surface area (Å²) in [7, 11) is 1.33. The van der Waals surface area contributed by atoms with Crippen LogP contribution in [-0.2, 0) is 4.74 Å². The fourth-order valence-corrected chi connectivity index (χ4v) is 3.51. The van der Waals surface area contributed by atoms with Crippen molar-refractivity contribution < 1.29 is 18.7 Å². The molecule has 9 nitrogen and oxygen atoms in total. The predicted molar refractivity (Wildman–Crippen MR) is 117 cm³/mol. The number of hydrogen-bond donors (Lipinski definition) is 2. The minimum absolute atomic E-state index is 0.000249. The number of piperidine rings is 1. The lowest BCUT2D eigenvalue weighted by atomic mass is 10.1. The first kappa shape index (κ1) is 21.3. The summed E-state index contributed by atoms with van der Waals surface area (Å²) in [4.78, 5) is 30.5. The van der Waals surface area contributed by atoms with Crippen LogP contribution in [0.15, 0.2) is 54.9 Å². The highest BCUT2D eigenvalue weighted by Gasteiger charge is 2.22. The molecule has 1 aliphatic heterocycles. The highest BCUT2D eigenvalue weighted by molar-refractivity contribution is 5.89. The fraction of sp³-hybridized carbons (Fsp3) is 0.273. The van der Waals surface area contributed by atoms with Gasteiger partial charge in [-0.05, 0) is 37.1 Å². The molecule has 2 N–H and O–H groups in total.